The van der Waals surface area contributed by atoms with Gasteiger partial charge in [-0.1, -0.05) is 23.7 Å². The number of hydrazine groups is 1. The molecule has 9 nitrogen and oxygen atoms in total. The third kappa shape index (κ3) is 4.04. The van der Waals surface area contributed by atoms with Crippen LogP contribution >= 0.6 is 11.6 Å². The lowest BCUT2D eigenvalue weighted by molar-refractivity contribution is -0.119. The molecule has 2 aromatic heterocycles. The van der Waals surface area contributed by atoms with Crippen molar-refractivity contribution in [1.82, 2.24) is 30.4 Å². The van der Waals surface area contributed by atoms with Crippen LogP contribution in [0.15, 0.2) is 47.5 Å². The fourth-order valence-corrected chi connectivity index (χ4v) is 2.45. The molecule has 3 aromatic rings. The summed E-state index contributed by atoms with van der Waals surface area (Å²) in [6.07, 6.45) is 3.05. The Morgan fingerprint density at radius 3 is 2.44 bits per heavy atom. The highest BCUT2D eigenvalue weighted by Gasteiger charge is 2.18. The maximum Gasteiger partial charge on any atom is 0.284 e. The predicted molar refractivity (Wildman–Crippen MR) is 98.3 cm³/mol. The Labute approximate surface area is 158 Å². The molecule has 2 N–H and O–H groups in total. The summed E-state index contributed by atoms with van der Waals surface area (Å²) >= 11 is 5.92. The Bertz CT molecular complexity index is 1070. The van der Waals surface area contributed by atoms with Crippen molar-refractivity contribution in [3.63, 3.8) is 0 Å². The lowest BCUT2D eigenvalue weighted by Crippen LogP contribution is -2.43. The van der Waals surface area contributed by atoms with Gasteiger partial charge in [0.25, 0.3) is 11.5 Å². The van der Waals surface area contributed by atoms with Gasteiger partial charge >= 0.3 is 0 Å². The van der Waals surface area contributed by atoms with Crippen LogP contribution in [-0.2, 0) is 11.8 Å². The number of nitrogens with one attached hydrogen (secondary N) is 2. The van der Waals surface area contributed by atoms with Gasteiger partial charge in [0.05, 0.1) is 18.1 Å². The number of hydrogen-bond donors (Lipinski definition) is 2. The lowest BCUT2D eigenvalue weighted by Gasteiger charge is -2.10. The van der Waals surface area contributed by atoms with Crippen molar-refractivity contribution in [2.45, 2.75) is 6.92 Å². The van der Waals surface area contributed by atoms with E-state index in [9.17, 15) is 14.4 Å². The number of aromatic nitrogens is 4. The van der Waals surface area contributed by atoms with Crippen LogP contribution in [0.25, 0.3) is 16.9 Å². The van der Waals surface area contributed by atoms with Gasteiger partial charge in [0.2, 0.25) is 5.91 Å². The van der Waals surface area contributed by atoms with Crippen molar-refractivity contribution in [1.29, 1.82) is 0 Å². The average molecular weight is 387 g/mol. The minimum atomic E-state index is -0.759. The first-order valence-corrected chi connectivity index (χ1v) is 8.19. The summed E-state index contributed by atoms with van der Waals surface area (Å²) in [7, 11) is 1.70. The van der Waals surface area contributed by atoms with Crippen LogP contribution in [-0.4, -0.2) is 31.4 Å². The van der Waals surface area contributed by atoms with Crippen molar-refractivity contribution in [2.75, 3.05) is 0 Å². The number of amides is 2. The molecule has 2 amide bonds. The molecule has 0 saturated carbocycles. The number of hydrogen-bond acceptors (Lipinski definition) is 5. The monoisotopic (exact) mass is 386 g/mol. The van der Waals surface area contributed by atoms with Crippen molar-refractivity contribution in [3.8, 4) is 16.9 Å². The number of aryl methyl sites for hydroxylation is 1. The Kier molecular flexibility index (Phi) is 5.04. The van der Waals surface area contributed by atoms with Crippen molar-refractivity contribution < 1.29 is 9.59 Å². The Morgan fingerprint density at radius 1 is 1.15 bits per heavy atom. The number of carbonyl (C=O) groups is 2. The minimum absolute atomic E-state index is 0.187. The fraction of sp³-hybridized carbons (Fsp3) is 0.118. The van der Waals surface area contributed by atoms with E-state index in [4.69, 9.17) is 11.6 Å². The molecule has 1 aromatic carbocycles. The van der Waals surface area contributed by atoms with Crippen LogP contribution in [0.2, 0.25) is 5.02 Å². The second kappa shape index (κ2) is 7.42. The maximum absolute atomic E-state index is 12.8. The maximum atomic E-state index is 12.8. The normalized spacial score (nSPS) is 10.5. The van der Waals surface area contributed by atoms with E-state index in [0.717, 1.165) is 4.68 Å². The second-order valence-electron chi connectivity index (χ2n) is 5.67. The zero-order valence-corrected chi connectivity index (χ0v) is 15.2. The second-order valence-corrected chi connectivity index (χ2v) is 6.11. The largest absolute Gasteiger partial charge is 0.284 e. The molecular weight excluding hydrogens is 372 g/mol. The molecule has 27 heavy (non-hydrogen) atoms. The minimum Gasteiger partial charge on any atom is -0.274 e. The molecule has 0 spiro atoms. The summed E-state index contributed by atoms with van der Waals surface area (Å²) in [5.74, 6) is -1.23. The van der Waals surface area contributed by atoms with Gasteiger partial charge in [0.1, 0.15) is 11.3 Å². The molecule has 0 bridgehead atoms. The third-order valence-electron chi connectivity index (χ3n) is 3.58. The highest BCUT2D eigenvalue weighted by molar-refractivity contribution is 6.30. The first-order valence-electron chi connectivity index (χ1n) is 7.81. The third-order valence-corrected chi connectivity index (χ3v) is 3.84. The Hall–Kier alpha value is -3.46. The Balaban J connectivity index is 2.15. The standard InChI is InChI=1S/C17H15ClN6O3/c1-10(25)20-21-16(26)14-7-15(11-3-5-12(18)6-4-11)22-24(17(14)27)13-8-19-23(2)9-13/h3-9H,1-2H3,(H,20,25)(H,21,26). The van der Waals surface area contributed by atoms with E-state index < -0.39 is 17.4 Å². The SMILES string of the molecule is CC(=O)NNC(=O)c1cc(-c2ccc(Cl)cc2)nn(-c2cnn(C)c2)c1=O. The van der Waals surface area contributed by atoms with E-state index in [1.165, 1.54) is 23.9 Å². The van der Waals surface area contributed by atoms with Gasteiger partial charge in [-0.25, -0.2) is 0 Å². The smallest absolute Gasteiger partial charge is 0.274 e. The molecule has 0 aliphatic carbocycles. The summed E-state index contributed by atoms with van der Waals surface area (Å²) in [6, 6.07) is 8.15. The quantitative estimate of drug-likeness (QED) is 0.654. The summed E-state index contributed by atoms with van der Waals surface area (Å²) in [5.41, 5.74) is 4.94. The zero-order chi connectivity index (χ0) is 19.6. The summed E-state index contributed by atoms with van der Waals surface area (Å²) in [6.45, 7) is 1.24. The topological polar surface area (TPSA) is 111 Å². The number of nitrogens with zero attached hydrogens (tertiary/aromatic N) is 4. The zero-order valence-electron chi connectivity index (χ0n) is 14.4. The number of benzene rings is 1. The molecule has 138 valence electrons. The van der Waals surface area contributed by atoms with E-state index in [1.807, 2.05) is 0 Å². The molecule has 0 unspecified atom stereocenters. The molecule has 0 radical (unpaired) electrons. The number of rotatable bonds is 3. The van der Waals surface area contributed by atoms with Crippen LogP contribution in [0.1, 0.15) is 17.3 Å². The summed E-state index contributed by atoms with van der Waals surface area (Å²) < 4.78 is 2.59. The molecule has 0 saturated heterocycles. The molecule has 0 aliphatic rings. The first kappa shape index (κ1) is 18.3. The summed E-state index contributed by atoms with van der Waals surface area (Å²) in [5, 5.41) is 8.90. The van der Waals surface area contributed by atoms with E-state index in [2.05, 4.69) is 21.0 Å². The van der Waals surface area contributed by atoms with Gasteiger partial charge in [-0.3, -0.25) is 29.9 Å². The summed E-state index contributed by atoms with van der Waals surface area (Å²) in [4.78, 5) is 36.2. The van der Waals surface area contributed by atoms with Crippen LogP contribution in [0.5, 0.6) is 0 Å². The van der Waals surface area contributed by atoms with Gasteiger partial charge in [-0.2, -0.15) is 14.9 Å². The van der Waals surface area contributed by atoms with Crippen LogP contribution < -0.4 is 16.4 Å². The molecule has 3 rings (SSSR count). The highest BCUT2D eigenvalue weighted by Crippen LogP contribution is 2.20. The molecule has 0 atom stereocenters. The number of carbonyl (C=O) groups excluding carboxylic acids is 2. The fourth-order valence-electron chi connectivity index (χ4n) is 2.32. The van der Waals surface area contributed by atoms with E-state index >= 15 is 0 Å². The molecule has 10 heteroatoms. The van der Waals surface area contributed by atoms with Gasteiger partial charge in [0.15, 0.2) is 0 Å². The van der Waals surface area contributed by atoms with Gasteiger partial charge in [-0.15, -0.1) is 0 Å². The van der Waals surface area contributed by atoms with Crippen molar-refractivity contribution in [3.05, 3.63) is 63.7 Å². The Morgan fingerprint density at radius 2 is 1.85 bits per heavy atom. The highest BCUT2D eigenvalue weighted by atomic mass is 35.5. The van der Waals surface area contributed by atoms with E-state index in [0.29, 0.717) is 22.0 Å². The van der Waals surface area contributed by atoms with Crippen LogP contribution in [0.4, 0.5) is 0 Å². The molecule has 0 aliphatic heterocycles. The number of halogens is 1. The predicted octanol–water partition coefficient (Wildman–Crippen LogP) is 1.07. The lowest BCUT2D eigenvalue weighted by atomic mass is 10.1. The average Bonchev–Trinajstić information content (AvgIpc) is 3.06. The van der Waals surface area contributed by atoms with Crippen LogP contribution in [0.3, 0.4) is 0 Å². The van der Waals surface area contributed by atoms with E-state index in [-0.39, 0.29) is 5.56 Å². The molecule has 0 fully saturated rings. The molecule has 2 heterocycles. The van der Waals surface area contributed by atoms with Crippen LogP contribution in [0, 0.1) is 0 Å². The first-order chi connectivity index (χ1) is 12.8. The van der Waals surface area contributed by atoms with Gasteiger partial charge in [0, 0.05) is 24.6 Å². The van der Waals surface area contributed by atoms with Gasteiger partial charge < -0.3 is 0 Å². The van der Waals surface area contributed by atoms with E-state index in [1.54, 1.807) is 37.5 Å². The van der Waals surface area contributed by atoms with Gasteiger partial charge in [-0.05, 0) is 18.2 Å². The molecular formula is C17H15ClN6O3. The van der Waals surface area contributed by atoms with Crippen molar-refractivity contribution >= 4 is 23.4 Å². The van der Waals surface area contributed by atoms with Crippen molar-refractivity contribution in [2.24, 2.45) is 7.05 Å².